The van der Waals surface area contributed by atoms with Gasteiger partial charge < -0.3 is 16.0 Å². The molecule has 1 fully saturated rings. The van der Waals surface area contributed by atoms with E-state index in [1.807, 2.05) is 18.2 Å². The molecule has 0 radical (unpaired) electrons. The quantitative estimate of drug-likeness (QED) is 0.838. The first kappa shape index (κ1) is 11.7. The van der Waals surface area contributed by atoms with Crippen LogP contribution in [-0.2, 0) is 0 Å². The van der Waals surface area contributed by atoms with Crippen molar-refractivity contribution in [3.05, 3.63) is 22.7 Å². The van der Waals surface area contributed by atoms with E-state index in [4.69, 9.17) is 5.73 Å². The lowest BCUT2D eigenvalue weighted by Crippen LogP contribution is -2.31. The second-order valence-electron chi connectivity index (χ2n) is 4.40. The summed E-state index contributed by atoms with van der Waals surface area (Å²) in [5, 5.41) is 3.47. The van der Waals surface area contributed by atoms with Gasteiger partial charge in [0.05, 0.1) is 0 Å². The Morgan fingerprint density at radius 2 is 2.38 bits per heavy atom. The van der Waals surface area contributed by atoms with Gasteiger partial charge in [0, 0.05) is 28.4 Å². The van der Waals surface area contributed by atoms with Gasteiger partial charge in [-0.05, 0) is 60.6 Å². The normalized spacial score (nSPS) is 21.2. The van der Waals surface area contributed by atoms with Gasteiger partial charge in [-0.1, -0.05) is 0 Å². The van der Waals surface area contributed by atoms with E-state index < -0.39 is 0 Å². The van der Waals surface area contributed by atoms with Crippen molar-refractivity contribution in [2.45, 2.75) is 18.9 Å². The second kappa shape index (κ2) is 5.06. The lowest BCUT2D eigenvalue weighted by Gasteiger charge is -2.20. The SMILES string of the molecule is CN1CCCC1CNc1ccc(N)cc1Br. The summed E-state index contributed by atoms with van der Waals surface area (Å²) in [7, 11) is 2.19. The van der Waals surface area contributed by atoms with Crippen molar-refractivity contribution >= 4 is 27.3 Å². The van der Waals surface area contributed by atoms with Crippen LogP contribution in [0.25, 0.3) is 0 Å². The molecule has 3 nitrogen and oxygen atoms in total. The van der Waals surface area contributed by atoms with Gasteiger partial charge >= 0.3 is 0 Å². The predicted molar refractivity (Wildman–Crippen MR) is 72.7 cm³/mol. The van der Waals surface area contributed by atoms with E-state index in [1.54, 1.807) is 0 Å². The summed E-state index contributed by atoms with van der Waals surface area (Å²) in [5.74, 6) is 0. The number of benzene rings is 1. The number of rotatable bonds is 3. The fourth-order valence-corrected chi connectivity index (χ4v) is 2.68. The van der Waals surface area contributed by atoms with Crippen molar-refractivity contribution in [3.8, 4) is 0 Å². The zero-order valence-corrected chi connectivity index (χ0v) is 11.1. The van der Waals surface area contributed by atoms with Gasteiger partial charge in [-0.3, -0.25) is 0 Å². The van der Waals surface area contributed by atoms with Gasteiger partial charge in [0.2, 0.25) is 0 Å². The van der Waals surface area contributed by atoms with Crippen molar-refractivity contribution < 1.29 is 0 Å². The number of nitrogens with zero attached hydrogens (tertiary/aromatic N) is 1. The van der Waals surface area contributed by atoms with Crippen LogP contribution < -0.4 is 11.1 Å². The average Bonchev–Trinajstić information content (AvgIpc) is 2.63. The number of anilines is 2. The van der Waals surface area contributed by atoms with Crippen LogP contribution in [0, 0.1) is 0 Å². The molecular weight excluding hydrogens is 266 g/mol. The Kier molecular flexibility index (Phi) is 3.71. The number of likely N-dealkylation sites (tertiary alicyclic amines) is 1. The maximum Gasteiger partial charge on any atom is 0.0486 e. The molecule has 1 atom stereocenters. The van der Waals surface area contributed by atoms with Gasteiger partial charge in [0.15, 0.2) is 0 Å². The van der Waals surface area contributed by atoms with E-state index in [0.29, 0.717) is 6.04 Å². The molecule has 88 valence electrons. The maximum absolute atomic E-state index is 5.70. The zero-order chi connectivity index (χ0) is 11.5. The zero-order valence-electron chi connectivity index (χ0n) is 9.54. The lowest BCUT2D eigenvalue weighted by molar-refractivity contribution is 0.322. The number of hydrogen-bond donors (Lipinski definition) is 2. The molecule has 1 aromatic carbocycles. The molecule has 1 unspecified atom stereocenters. The number of nitrogen functional groups attached to an aromatic ring is 1. The Hall–Kier alpha value is -0.740. The molecule has 1 aromatic rings. The molecule has 0 spiro atoms. The Labute approximate surface area is 105 Å². The molecule has 2 rings (SSSR count). The summed E-state index contributed by atoms with van der Waals surface area (Å²) < 4.78 is 1.04. The Morgan fingerprint density at radius 1 is 1.56 bits per heavy atom. The van der Waals surface area contributed by atoms with Gasteiger partial charge in [0.25, 0.3) is 0 Å². The van der Waals surface area contributed by atoms with Crippen molar-refractivity contribution in [3.63, 3.8) is 0 Å². The molecule has 0 aliphatic carbocycles. The Morgan fingerprint density at radius 3 is 3.00 bits per heavy atom. The van der Waals surface area contributed by atoms with Crippen molar-refractivity contribution in [2.24, 2.45) is 0 Å². The summed E-state index contributed by atoms with van der Waals surface area (Å²) in [6, 6.07) is 6.53. The highest BCUT2D eigenvalue weighted by molar-refractivity contribution is 9.10. The third kappa shape index (κ3) is 2.68. The number of nitrogens with two attached hydrogens (primary N) is 1. The van der Waals surface area contributed by atoms with E-state index in [0.717, 1.165) is 22.4 Å². The molecule has 0 aromatic heterocycles. The largest absolute Gasteiger partial charge is 0.399 e. The first-order valence-corrected chi connectivity index (χ1v) is 6.45. The number of halogens is 1. The minimum atomic E-state index is 0.657. The number of nitrogens with one attached hydrogen (secondary N) is 1. The van der Waals surface area contributed by atoms with Crippen molar-refractivity contribution in [2.75, 3.05) is 31.2 Å². The highest BCUT2D eigenvalue weighted by Gasteiger charge is 2.20. The van der Waals surface area contributed by atoms with E-state index in [9.17, 15) is 0 Å². The fraction of sp³-hybridized carbons (Fsp3) is 0.500. The van der Waals surface area contributed by atoms with E-state index in [2.05, 4.69) is 33.2 Å². The molecular formula is C12H18BrN3. The van der Waals surface area contributed by atoms with Crippen LogP contribution in [0.3, 0.4) is 0 Å². The molecule has 0 saturated carbocycles. The molecule has 16 heavy (non-hydrogen) atoms. The highest BCUT2D eigenvalue weighted by atomic mass is 79.9. The second-order valence-corrected chi connectivity index (χ2v) is 5.25. The summed E-state index contributed by atoms with van der Waals surface area (Å²) in [4.78, 5) is 2.41. The summed E-state index contributed by atoms with van der Waals surface area (Å²) in [5.41, 5.74) is 7.61. The molecule has 1 aliphatic heterocycles. The van der Waals surface area contributed by atoms with Crippen LogP contribution >= 0.6 is 15.9 Å². The third-order valence-corrected chi connectivity index (χ3v) is 3.85. The van der Waals surface area contributed by atoms with Crippen LogP contribution in [0.4, 0.5) is 11.4 Å². The topological polar surface area (TPSA) is 41.3 Å². The smallest absolute Gasteiger partial charge is 0.0486 e. The Balaban J connectivity index is 1.94. The van der Waals surface area contributed by atoms with Crippen LogP contribution in [0.15, 0.2) is 22.7 Å². The van der Waals surface area contributed by atoms with Gasteiger partial charge in [-0.2, -0.15) is 0 Å². The van der Waals surface area contributed by atoms with E-state index in [-0.39, 0.29) is 0 Å². The van der Waals surface area contributed by atoms with Crippen LogP contribution in [0.2, 0.25) is 0 Å². The molecule has 3 N–H and O–H groups in total. The van der Waals surface area contributed by atoms with Crippen LogP contribution in [-0.4, -0.2) is 31.1 Å². The first-order chi connectivity index (χ1) is 7.66. The summed E-state index contributed by atoms with van der Waals surface area (Å²) in [6.45, 7) is 2.22. The number of hydrogen-bond acceptors (Lipinski definition) is 3. The fourth-order valence-electron chi connectivity index (χ4n) is 2.14. The third-order valence-electron chi connectivity index (χ3n) is 3.19. The van der Waals surface area contributed by atoms with Crippen molar-refractivity contribution in [1.29, 1.82) is 0 Å². The van der Waals surface area contributed by atoms with E-state index in [1.165, 1.54) is 19.4 Å². The van der Waals surface area contributed by atoms with E-state index >= 15 is 0 Å². The average molecular weight is 284 g/mol. The van der Waals surface area contributed by atoms with Gasteiger partial charge in [-0.15, -0.1) is 0 Å². The van der Waals surface area contributed by atoms with Gasteiger partial charge in [-0.25, -0.2) is 0 Å². The van der Waals surface area contributed by atoms with Crippen molar-refractivity contribution in [1.82, 2.24) is 4.90 Å². The maximum atomic E-state index is 5.70. The molecule has 4 heteroatoms. The van der Waals surface area contributed by atoms with Crippen LogP contribution in [0.5, 0.6) is 0 Å². The molecule has 1 saturated heterocycles. The summed E-state index contributed by atoms with van der Waals surface area (Å²) in [6.07, 6.45) is 2.60. The molecule has 1 aliphatic rings. The number of likely N-dealkylation sites (N-methyl/N-ethyl adjacent to an activating group) is 1. The lowest BCUT2D eigenvalue weighted by atomic mass is 10.2. The summed E-state index contributed by atoms with van der Waals surface area (Å²) >= 11 is 3.52. The van der Waals surface area contributed by atoms with Crippen LogP contribution in [0.1, 0.15) is 12.8 Å². The molecule has 0 bridgehead atoms. The monoisotopic (exact) mass is 283 g/mol. The minimum Gasteiger partial charge on any atom is -0.399 e. The highest BCUT2D eigenvalue weighted by Crippen LogP contribution is 2.25. The predicted octanol–water partition coefficient (Wildman–Crippen LogP) is 2.54. The standard InChI is InChI=1S/C12H18BrN3/c1-16-6-2-3-10(16)8-15-12-5-4-9(14)7-11(12)13/h4-5,7,10,15H,2-3,6,8,14H2,1H3. The molecule has 0 amide bonds. The Bertz CT molecular complexity index is 367. The van der Waals surface area contributed by atoms with Gasteiger partial charge in [0.1, 0.15) is 0 Å². The minimum absolute atomic E-state index is 0.657. The first-order valence-electron chi connectivity index (χ1n) is 5.66. The molecule has 1 heterocycles.